The van der Waals surface area contributed by atoms with Gasteiger partial charge in [-0.25, -0.2) is 0 Å². The maximum absolute atomic E-state index is 4.45. The van der Waals surface area contributed by atoms with Gasteiger partial charge in [-0.3, -0.25) is 4.99 Å². The molecular formula is C22H33N. The summed E-state index contributed by atoms with van der Waals surface area (Å²) in [5.74, 6) is 0.472. The van der Waals surface area contributed by atoms with Gasteiger partial charge in [0.25, 0.3) is 0 Å². The fraction of sp³-hybridized carbons (Fsp3) is 0.409. The lowest BCUT2D eigenvalue weighted by Gasteiger charge is -2.15. The molecule has 0 heterocycles. The van der Waals surface area contributed by atoms with Crippen LogP contribution in [0.2, 0.25) is 0 Å². The first-order valence-electron chi connectivity index (χ1n) is 8.32. The van der Waals surface area contributed by atoms with E-state index in [2.05, 4.69) is 65.1 Å². The summed E-state index contributed by atoms with van der Waals surface area (Å²) in [7, 11) is 0. The van der Waals surface area contributed by atoms with E-state index in [0.717, 1.165) is 35.1 Å². The highest BCUT2D eigenvalue weighted by atomic mass is 14.7. The van der Waals surface area contributed by atoms with Crippen molar-refractivity contribution in [3.8, 4) is 0 Å². The molecule has 1 unspecified atom stereocenters. The molecule has 0 aromatic rings. The summed E-state index contributed by atoms with van der Waals surface area (Å²) in [4.78, 5) is 4.45. The first-order chi connectivity index (χ1) is 10.7. The van der Waals surface area contributed by atoms with Crippen LogP contribution in [0.25, 0.3) is 0 Å². The van der Waals surface area contributed by atoms with Gasteiger partial charge < -0.3 is 0 Å². The molecule has 0 bridgehead atoms. The van der Waals surface area contributed by atoms with E-state index < -0.39 is 0 Å². The number of rotatable bonds is 10. The molecule has 0 aromatic carbocycles. The molecule has 0 fully saturated rings. The molecule has 126 valence electrons. The summed E-state index contributed by atoms with van der Waals surface area (Å²) in [5.41, 5.74) is 5.29. The maximum Gasteiger partial charge on any atom is 0.0469 e. The minimum absolute atomic E-state index is 0.330. The molecule has 1 atom stereocenters. The third-order valence-electron chi connectivity index (χ3n) is 3.88. The van der Waals surface area contributed by atoms with E-state index >= 15 is 0 Å². The highest BCUT2D eigenvalue weighted by Crippen LogP contribution is 2.26. The molecule has 0 aromatic heterocycles. The Morgan fingerprint density at radius 2 is 1.74 bits per heavy atom. The van der Waals surface area contributed by atoms with Gasteiger partial charge in [0.2, 0.25) is 0 Å². The highest BCUT2D eigenvalue weighted by Gasteiger charge is 2.08. The molecular weight excluding hydrogens is 278 g/mol. The Bertz CT molecular complexity index is 538. The van der Waals surface area contributed by atoms with Crippen LogP contribution in [0, 0.1) is 5.92 Å². The zero-order chi connectivity index (χ0) is 18.0. The molecule has 0 saturated heterocycles. The number of allylic oxidation sites excluding steroid dienone is 8. The smallest absolute Gasteiger partial charge is 0.0469 e. The monoisotopic (exact) mass is 311 g/mol. The zero-order valence-electron chi connectivity index (χ0n) is 15.7. The van der Waals surface area contributed by atoms with Crippen LogP contribution in [0.4, 0.5) is 0 Å². The van der Waals surface area contributed by atoms with Gasteiger partial charge in [0.05, 0.1) is 0 Å². The van der Waals surface area contributed by atoms with Gasteiger partial charge in [0.1, 0.15) is 0 Å². The first-order valence-corrected chi connectivity index (χ1v) is 8.32. The quantitative estimate of drug-likeness (QED) is 0.317. The van der Waals surface area contributed by atoms with Crippen LogP contribution >= 0.6 is 0 Å². The van der Waals surface area contributed by atoms with Crippen molar-refractivity contribution in [1.29, 1.82) is 0 Å². The van der Waals surface area contributed by atoms with E-state index in [1.54, 1.807) is 0 Å². The van der Waals surface area contributed by atoms with Crippen molar-refractivity contribution in [2.45, 2.75) is 53.5 Å². The van der Waals surface area contributed by atoms with Gasteiger partial charge in [-0.15, -0.1) is 0 Å². The second-order valence-electron chi connectivity index (χ2n) is 6.33. The van der Waals surface area contributed by atoms with E-state index in [1.165, 1.54) is 5.57 Å². The summed E-state index contributed by atoms with van der Waals surface area (Å²) in [6.07, 6.45) is 9.61. The Kier molecular flexibility index (Phi) is 9.89. The predicted octanol–water partition coefficient (Wildman–Crippen LogP) is 6.63. The van der Waals surface area contributed by atoms with Gasteiger partial charge in [-0.1, -0.05) is 70.9 Å². The molecule has 0 aliphatic rings. The average Bonchev–Trinajstić information content (AvgIpc) is 2.50. The normalized spacial score (nSPS) is 14.2. The Labute approximate surface area is 143 Å². The average molecular weight is 312 g/mol. The van der Waals surface area contributed by atoms with Gasteiger partial charge >= 0.3 is 0 Å². The van der Waals surface area contributed by atoms with E-state index in [0.29, 0.717) is 12.0 Å². The molecule has 0 aliphatic heterocycles. The van der Waals surface area contributed by atoms with Crippen molar-refractivity contribution >= 4 is 6.21 Å². The van der Waals surface area contributed by atoms with E-state index in [1.807, 2.05) is 25.3 Å². The lowest BCUT2D eigenvalue weighted by molar-refractivity contribution is 0.720. The van der Waals surface area contributed by atoms with E-state index in [4.69, 9.17) is 0 Å². The second-order valence-corrected chi connectivity index (χ2v) is 6.33. The van der Waals surface area contributed by atoms with Crippen LogP contribution in [-0.4, -0.2) is 12.3 Å². The number of aliphatic imine (C=N–C) groups is 1. The Hall–Kier alpha value is -1.89. The molecule has 23 heavy (non-hydrogen) atoms. The van der Waals surface area contributed by atoms with Crippen molar-refractivity contribution in [3.05, 3.63) is 72.4 Å². The fourth-order valence-electron chi connectivity index (χ4n) is 1.97. The second kappa shape index (κ2) is 10.8. The van der Waals surface area contributed by atoms with Crippen LogP contribution in [0.1, 0.15) is 47.5 Å². The third kappa shape index (κ3) is 8.35. The van der Waals surface area contributed by atoms with Crippen molar-refractivity contribution in [3.63, 3.8) is 0 Å². The Morgan fingerprint density at radius 3 is 2.22 bits per heavy atom. The van der Waals surface area contributed by atoms with Crippen LogP contribution in [-0.2, 0) is 0 Å². The summed E-state index contributed by atoms with van der Waals surface area (Å²) >= 11 is 0. The van der Waals surface area contributed by atoms with Crippen LogP contribution in [0.3, 0.4) is 0 Å². The van der Waals surface area contributed by atoms with Crippen molar-refractivity contribution in [2.24, 2.45) is 10.9 Å². The van der Waals surface area contributed by atoms with Crippen LogP contribution in [0.5, 0.6) is 0 Å². The number of hydrogen-bond acceptors (Lipinski definition) is 1. The van der Waals surface area contributed by atoms with Gasteiger partial charge in [-0.05, 0) is 54.9 Å². The lowest BCUT2D eigenvalue weighted by Crippen LogP contribution is -1.99. The standard InChI is InChI=1S/C22H33N/c1-10-12-22(16(3)4)14-19(7)21(9)18(6)13-17(5)15-23-20(8)11-2/h10,12-13,15-16,20H,1,5,7,9,11,14H2,2-4,6,8H3/b18-13-,22-12+,23-15-. The molecule has 0 rings (SSSR count). The Balaban J connectivity index is 4.94. The van der Waals surface area contributed by atoms with Crippen molar-refractivity contribution in [2.75, 3.05) is 0 Å². The molecule has 0 saturated carbocycles. The molecule has 0 N–H and O–H groups in total. The predicted molar refractivity (Wildman–Crippen MR) is 107 cm³/mol. The van der Waals surface area contributed by atoms with Crippen LogP contribution < -0.4 is 0 Å². The minimum atomic E-state index is 0.330. The minimum Gasteiger partial charge on any atom is -0.290 e. The Morgan fingerprint density at radius 1 is 1.13 bits per heavy atom. The maximum atomic E-state index is 4.45. The zero-order valence-corrected chi connectivity index (χ0v) is 15.7. The number of nitrogens with zero attached hydrogens (tertiary/aromatic N) is 1. The molecule has 0 radical (unpaired) electrons. The first kappa shape index (κ1) is 21.1. The summed E-state index contributed by atoms with van der Waals surface area (Å²) < 4.78 is 0. The lowest BCUT2D eigenvalue weighted by atomic mass is 9.90. The topological polar surface area (TPSA) is 12.4 Å². The SMILES string of the molecule is C=C/C=C(\CC(=C)C(=C)/C(C)=C\C(=C)/C=N\C(C)CC)C(C)C. The van der Waals surface area contributed by atoms with Gasteiger partial charge in [-0.2, -0.15) is 0 Å². The molecule has 0 aliphatic carbocycles. The summed E-state index contributed by atoms with van der Waals surface area (Å²) in [6, 6.07) is 0.330. The number of hydrogen-bond donors (Lipinski definition) is 0. The molecule has 0 amide bonds. The van der Waals surface area contributed by atoms with Gasteiger partial charge in [0.15, 0.2) is 0 Å². The molecule has 0 spiro atoms. The van der Waals surface area contributed by atoms with Crippen molar-refractivity contribution in [1.82, 2.24) is 0 Å². The van der Waals surface area contributed by atoms with Crippen molar-refractivity contribution < 1.29 is 0 Å². The third-order valence-corrected chi connectivity index (χ3v) is 3.88. The highest BCUT2D eigenvalue weighted by molar-refractivity contribution is 5.82. The van der Waals surface area contributed by atoms with Crippen LogP contribution in [0.15, 0.2) is 77.4 Å². The molecule has 1 nitrogen and oxygen atoms in total. The largest absolute Gasteiger partial charge is 0.290 e. The molecule has 1 heteroatoms. The van der Waals surface area contributed by atoms with E-state index in [9.17, 15) is 0 Å². The fourth-order valence-corrected chi connectivity index (χ4v) is 1.97. The van der Waals surface area contributed by atoms with E-state index in [-0.39, 0.29) is 0 Å². The summed E-state index contributed by atoms with van der Waals surface area (Å²) in [5, 5.41) is 0. The summed E-state index contributed by atoms with van der Waals surface area (Å²) in [6.45, 7) is 26.8. The van der Waals surface area contributed by atoms with Gasteiger partial charge in [0, 0.05) is 12.3 Å².